The molecule has 54 heavy (non-hydrogen) atoms. The average molecular weight is 688 g/mol. The second kappa shape index (κ2) is 12.0. The highest BCUT2D eigenvalue weighted by atomic mass is 15.2. The van der Waals surface area contributed by atoms with Crippen molar-refractivity contribution in [3.63, 3.8) is 0 Å². The third kappa shape index (κ3) is 4.36. The first kappa shape index (κ1) is 30.5. The Morgan fingerprint density at radius 2 is 0.870 bits per heavy atom. The van der Waals surface area contributed by atoms with Gasteiger partial charge in [-0.3, -0.25) is 0 Å². The molecule has 3 heteroatoms. The molecule has 8 aromatic carbocycles. The maximum Gasteiger partial charge on any atom is 0.160 e. The van der Waals surface area contributed by atoms with E-state index in [0.29, 0.717) is 5.82 Å². The van der Waals surface area contributed by atoms with Gasteiger partial charge in [-0.1, -0.05) is 176 Å². The Morgan fingerprint density at radius 3 is 1.59 bits per heavy atom. The molecule has 0 amide bonds. The van der Waals surface area contributed by atoms with Crippen LogP contribution in [0, 0.1) is 0 Å². The lowest BCUT2D eigenvalue weighted by Crippen LogP contribution is -2.36. The van der Waals surface area contributed by atoms with Crippen LogP contribution in [0.2, 0.25) is 0 Å². The highest BCUT2D eigenvalue weighted by Gasteiger charge is 2.54. The summed E-state index contributed by atoms with van der Waals surface area (Å²) in [7, 11) is 0. The van der Waals surface area contributed by atoms with E-state index >= 15 is 0 Å². The van der Waals surface area contributed by atoms with E-state index in [0.717, 1.165) is 56.3 Å². The van der Waals surface area contributed by atoms with Crippen LogP contribution in [0.1, 0.15) is 22.3 Å². The highest BCUT2D eigenvalue weighted by Crippen LogP contribution is 2.64. The van der Waals surface area contributed by atoms with Gasteiger partial charge in [-0.05, 0) is 62.9 Å². The lowest BCUT2D eigenvalue weighted by Gasteiger charge is -2.45. The molecule has 1 spiro atoms. The Morgan fingerprint density at radius 1 is 0.370 bits per heavy atom. The van der Waals surface area contributed by atoms with Crippen LogP contribution >= 0.6 is 0 Å². The maximum atomic E-state index is 5.67. The molecular weight excluding hydrogens is 655 g/mol. The van der Waals surface area contributed by atoms with Gasteiger partial charge in [-0.15, -0.1) is 0 Å². The Hall–Kier alpha value is -7.10. The molecule has 0 bridgehead atoms. The van der Waals surface area contributed by atoms with Crippen LogP contribution in [-0.2, 0) is 5.41 Å². The fraction of sp³-hybridized carbons (Fsp3) is 0.0196. The van der Waals surface area contributed by atoms with Gasteiger partial charge in [-0.25, -0.2) is 9.97 Å². The van der Waals surface area contributed by atoms with E-state index in [-0.39, 0.29) is 0 Å². The number of fused-ring (bicyclic) bond motifs is 10. The Kier molecular flexibility index (Phi) is 6.77. The number of hydrogen-bond donors (Lipinski definition) is 0. The van der Waals surface area contributed by atoms with E-state index in [2.05, 4.69) is 205 Å². The molecule has 9 aromatic rings. The third-order valence-corrected chi connectivity index (χ3v) is 11.3. The van der Waals surface area contributed by atoms with Crippen LogP contribution < -0.4 is 4.90 Å². The molecule has 2 aliphatic rings. The first-order valence-electron chi connectivity index (χ1n) is 18.5. The van der Waals surface area contributed by atoms with Gasteiger partial charge in [0.2, 0.25) is 0 Å². The fourth-order valence-corrected chi connectivity index (χ4v) is 9.02. The van der Waals surface area contributed by atoms with Crippen LogP contribution in [0.15, 0.2) is 200 Å². The second-order valence-corrected chi connectivity index (χ2v) is 14.1. The van der Waals surface area contributed by atoms with Gasteiger partial charge in [0.1, 0.15) is 0 Å². The van der Waals surface area contributed by atoms with Gasteiger partial charge in [-0.2, -0.15) is 0 Å². The van der Waals surface area contributed by atoms with E-state index in [1.165, 1.54) is 33.0 Å². The van der Waals surface area contributed by atoms with Gasteiger partial charge in [0.25, 0.3) is 0 Å². The maximum absolute atomic E-state index is 5.67. The van der Waals surface area contributed by atoms with Crippen molar-refractivity contribution in [1.29, 1.82) is 0 Å². The summed E-state index contributed by atoms with van der Waals surface area (Å²) in [6.07, 6.45) is 0. The first-order valence-corrected chi connectivity index (χ1v) is 18.5. The quantitative estimate of drug-likeness (QED) is 0.184. The zero-order chi connectivity index (χ0) is 35.6. The average Bonchev–Trinajstić information content (AvgIpc) is 3.55. The van der Waals surface area contributed by atoms with Crippen molar-refractivity contribution < 1.29 is 0 Å². The number of para-hydroxylation sites is 3. The summed E-state index contributed by atoms with van der Waals surface area (Å²) in [5.41, 5.74) is 15.0. The molecule has 0 radical (unpaired) electrons. The molecule has 0 saturated carbocycles. The van der Waals surface area contributed by atoms with Crippen LogP contribution in [0.3, 0.4) is 0 Å². The molecule has 1 aromatic heterocycles. The minimum Gasteiger partial charge on any atom is -0.310 e. The second-order valence-electron chi connectivity index (χ2n) is 14.1. The lowest BCUT2D eigenvalue weighted by atomic mass is 9.64. The molecule has 11 rings (SSSR count). The predicted octanol–water partition coefficient (Wildman–Crippen LogP) is 12.8. The molecule has 3 nitrogen and oxygen atoms in total. The minimum absolute atomic E-state index is 0.688. The lowest BCUT2D eigenvalue weighted by molar-refractivity contribution is 0.748. The third-order valence-electron chi connectivity index (χ3n) is 11.3. The number of nitrogens with zero attached hydrogens (tertiary/aromatic N) is 3. The Bertz CT molecular complexity index is 2830. The van der Waals surface area contributed by atoms with Gasteiger partial charge in [0.15, 0.2) is 5.82 Å². The summed E-state index contributed by atoms with van der Waals surface area (Å²) in [5, 5.41) is 2.35. The molecule has 252 valence electrons. The molecule has 0 N–H and O–H groups in total. The van der Waals surface area contributed by atoms with Crippen molar-refractivity contribution in [2.24, 2.45) is 0 Å². The molecule has 1 aliphatic heterocycles. The molecule has 0 saturated heterocycles. The van der Waals surface area contributed by atoms with E-state index in [4.69, 9.17) is 9.97 Å². The van der Waals surface area contributed by atoms with Gasteiger partial charge < -0.3 is 4.90 Å². The van der Waals surface area contributed by atoms with Crippen LogP contribution in [-0.4, -0.2) is 9.97 Å². The summed E-state index contributed by atoms with van der Waals surface area (Å²) >= 11 is 0. The SMILES string of the molecule is c1ccc(-c2ccc(-c3nc4c(c(-c5cccc6ccccc56)n3)C3(c5ccccc5-4)c4ccccc4N(c4ccccc4)c4ccccc43)cc2)cc1. The number of aromatic nitrogens is 2. The first-order chi connectivity index (χ1) is 26.8. The van der Waals surface area contributed by atoms with Gasteiger partial charge in [0.05, 0.1) is 28.2 Å². The zero-order valence-electron chi connectivity index (χ0n) is 29.4. The standard InChI is InChI=1S/C51H33N3/c1-3-16-34(17-4-1)35-30-32-37(33-31-35)50-52-48(40-24-15-19-36-18-7-8-22-39(36)40)47-49(53-50)41-23-9-10-25-42(41)51(47)43-26-11-13-28-45(43)54(38-20-5-2-6-21-38)46-29-14-12-27-44(46)51/h1-33H. The fourth-order valence-electron chi connectivity index (χ4n) is 9.02. The van der Waals surface area contributed by atoms with E-state index in [1.54, 1.807) is 0 Å². The Balaban J connectivity index is 1.26. The highest BCUT2D eigenvalue weighted by molar-refractivity contribution is 6.02. The summed E-state index contributed by atoms with van der Waals surface area (Å²) in [6.45, 7) is 0. The minimum atomic E-state index is -0.688. The van der Waals surface area contributed by atoms with Crippen LogP contribution in [0.4, 0.5) is 17.1 Å². The topological polar surface area (TPSA) is 29.0 Å². The number of benzene rings is 8. The largest absolute Gasteiger partial charge is 0.310 e. The molecule has 0 fully saturated rings. The zero-order valence-corrected chi connectivity index (χ0v) is 29.4. The monoisotopic (exact) mass is 687 g/mol. The molecule has 0 unspecified atom stereocenters. The normalized spacial score (nSPS) is 13.3. The van der Waals surface area contributed by atoms with Crippen LogP contribution in [0.5, 0.6) is 0 Å². The molecule has 1 aliphatic carbocycles. The van der Waals surface area contributed by atoms with Crippen molar-refractivity contribution in [3.05, 3.63) is 222 Å². The summed E-state index contributed by atoms with van der Waals surface area (Å²) < 4.78 is 0. The van der Waals surface area contributed by atoms with E-state index < -0.39 is 5.41 Å². The molecule has 2 heterocycles. The van der Waals surface area contributed by atoms with Crippen molar-refractivity contribution in [3.8, 4) is 45.0 Å². The summed E-state index contributed by atoms with van der Waals surface area (Å²) in [5.74, 6) is 0.714. The van der Waals surface area contributed by atoms with Crippen molar-refractivity contribution in [2.45, 2.75) is 5.41 Å². The van der Waals surface area contributed by atoms with Crippen LogP contribution in [0.25, 0.3) is 55.8 Å². The van der Waals surface area contributed by atoms with Crippen molar-refractivity contribution in [1.82, 2.24) is 9.97 Å². The Labute approximate surface area is 314 Å². The van der Waals surface area contributed by atoms with E-state index in [1.807, 2.05) is 0 Å². The molecular formula is C51H33N3. The molecule has 0 atom stereocenters. The number of anilines is 3. The van der Waals surface area contributed by atoms with Gasteiger partial charge in [0, 0.05) is 27.9 Å². The van der Waals surface area contributed by atoms with Gasteiger partial charge >= 0.3 is 0 Å². The number of hydrogen-bond acceptors (Lipinski definition) is 3. The van der Waals surface area contributed by atoms with Crippen molar-refractivity contribution in [2.75, 3.05) is 4.90 Å². The summed E-state index contributed by atoms with van der Waals surface area (Å²) in [6, 6.07) is 71.9. The number of rotatable bonds is 4. The van der Waals surface area contributed by atoms with E-state index in [9.17, 15) is 0 Å². The summed E-state index contributed by atoms with van der Waals surface area (Å²) in [4.78, 5) is 13.7. The van der Waals surface area contributed by atoms with Crippen molar-refractivity contribution >= 4 is 27.8 Å². The predicted molar refractivity (Wildman–Crippen MR) is 221 cm³/mol. The smallest absolute Gasteiger partial charge is 0.160 e.